The Morgan fingerprint density at radius 3 is 2.86 bits per heavy atom. The molecule has 0 radical (unpaired) electrons. The number of benzene rings is 1. The monoisotopic (exact) mass is 287 g/mol. The number of nitrogens with two attached hydrogens (primary N) is 1. The number of rotatable bonds is 4. The van der Waals surface area contributed by atoms with E-state index < -0.39 is 10.8 Å². The first-order valence-corrected chi connectivity index (χ1v) is 6.08. The molecule has 108 valence electrons. The van der Waals surface area contributed by atoms with E-state index in [2.05, 4.69) is 15.3 Å². The standard InChI is InChI=1S/C13H13N5O3/c1-8-15-5-4-10(17-8)7-16-13(19)11-6-9(14)2-3-12(11)18(20)21/h2-6H,7,14H2,1H3,(H,16,19). The summed E-state index contributed by atoms with van der Waals surface area (Å²) >= 11 is 0. The predicted octanol–water partition coefficient (Wildman–Crippen LogP) is 1.21. The molecule has 8 nitrogen and oxygen atoms in total. The van der Waals surface area contributed by atoms with Crippen LogP contribution in [-0.4, -0.2) is 20.8 Å². The molecule has 21 heavy (non-hydrogen) atoms. The average molecular weight is 287 g/mol. The van der Waals surface area contributed by atoms with Gasteiger partial charge in [-0.25, -0.2) is 9.97 Å². The number of amides is 1. The highest BCUT2D eigenvalue weighted by molar-refractivity contribution is 5.98. The molecule has 3 N–H and O–H groups in total. The topological polar surface area (TPSA) is 124 Å². The second kappa shape index (κ2) is 5.95. The van der Waals surface area contributed by atoms with E-state index in [9.17, 15) is 14.9 Å². The molecule has 2 rings (SSSR count). The van der Waals surface area contributed by atoms with E-state index in [0.717, 1.165) is 0 Å². The minimum absolute atomic E-state index is 0.0780. The smallest absolute Gasteiger partial charge is 0.282 e. The molecule has 0 aliphatic heterocycles. The van der Waals surface area contributed by atoms with E-state index in [1.807, 2.05) is 0 Å². The van der Waals surface area contributed by atoms with Gasteiger partial charge in [-0.1, -0.05) is 0 Å². The number of hydrogen-bond donors (Lipinski definition) is 2. The number of carbonyl (C=O) groups is 1. The third kappa shape index (κ3) is 3.50. The largest absolute Gasteiger partial charge is 0.399 e. The Labute approximate surface area is 120 Å². The minimum Gasteiger partial charge on any atom is -0.399 e. The second-order valence-corrected chi connectivity index (χ2v) is 4.31. The van der Waals surface area contributed by atoms with Crippen molar-refractivity contribution in [1.29, 1.82) is 0 Å². The van der Waals surface area contributed by atoms with Crippen LogP contribution in [0.4, 0.5) is 11.4 Å². The summed E-state index contributed by atoms with van der Waals surface area (Å²) in [6.45, 7) is 1.88. The molecular weight excluding hydrogens is 274 g/mol. The zero-order valence-electron chi connectivity index (χ0n) is 11.2. The summed E-state index contributed by atoms with van der Waals surface area (Å²) < 4.78 is 0. The molecule has 0 aliphatic rings. The van der Waals surface area contributed by atoms with Crippen molar-refractivity contribution in [3.8, 4) is 0 Å². The molecule has 1 aromatic heterocycles. The molecule has 1 amide bonds. The van der Waals surface area contributed by atoms with Gasteiger partial charge < -0.3 is 11.1 Å². The Bertz CT molecular complexity index is 702. The Morgan fingerprint density at radius 2 is 2.19 bits per heavy atom. The lowest BCUT2D eigenvalue weighted by molar-refractivity contribution is -0.385. The van der Waals surface area contributed by atoms with Crippen molar-refractivity contribution in [3.63, 3.8) is 0 Å². The number of anilines is 1. The molecule has 0 unspecified atom stereocenters. The van der Waals surface area contributed by atoms with Crippen molar-refractivity contribution in [2.75, 3.05) is 5.73 Å². The van der Waals surface area contributed by atoms with Crippen molar-refractivity contribution in [3.05, 3.63) is 57.7 Å². The van der Waals surface area contributed by atoms with E-state index in [4.69, 9.17) is 5.73 Å². The van der Waals surface area contributed by atoms with Crippen molar-refractivity contribution in [2.24, 2.45) is 0 Å². The van der Waals surface area contributed by atoms with Crippen molar-refractivity contribution in [2.45, 2.75) is 13.5 Å². The van der Waals surface area contributed by atoms with Gasteiger partial charge in [0.15, 0.2) is 0 Å². The van der Waals surface area contributed by atoms with Gasteiger partial charge >= 0.3 is 0 Å². The molecular formula is C13H13N5O3. The molecule has 0 fully saturated rings. The van der Waals surface area contributed by atoms with Crippen LogP contribution in [0.5, 0.6) is 0 Å². The van der Waals surface area contributed by atoms with E-state index in [-0.39, 0.29) is 23.5 Å². The Hall–Kier alpha value is -3.03. The summed E-state index contributed by atoms with van der Waals surface area (Å²) in [6.07, 6.45) is 1.58. The summed E-state index contributed by atoms with van der Waals surface area (Å²) in [5.74, 6) is 0.00181. The molecule has 0 saturated carbocycles. The Kier molecular flexibility index (Phi) is 4.07. The molecule has 8 heteroatoms. The first kappa shape index (κ1) is 14.4. The first-order chi connectivity index (χ1) is 9.97. The van der Waals surface area contributed by atoms with Crippen molar-refractivity contribution in [1.82, 2.24) is 15.3 Å². The Balaban J connectivity index is 2.17. The third-order valence-corrected chi connectivity index (χ3v) is 2.73. The lowest BCUT2D eigenvalue weighted by atomic mass is 10.1. The van der Waals surface area contributed by atoms with Gasteiger partial charge in [-0.3, -0.25) is 14.9 Å². The number of nitrogens with zero attached hydrogens (tertiary/aromatic N) is 3. The predicted molar refractivity (Wildman–Crippen MR) is 75.4 cm³/mol. The second-order valence-electron chi connectivity index (χ2n) is 4.31. The maximum atomic E-state index is 12.1. The fourth-order valence-corrected chi connectivity index (χ4v) is 1.76. The van der Waals surface area contributed by atoms with E-state index in [0.29, 0.717) is 11.5 Å². The maximum absolute atomic E-state index is 12.1. The number of nitro groups is 1. The lowest BCUT2D eigenvalue weighted by Gasteiger charge is -2.06. The third-order valence-electron chi connectivity index (χ3n) is 2.73. The number of hydrogen-bond acceptors (Lipinski definition) is 6. The van der Waals surface area contributed by atoms with E-state index in [1.165, 1.54) is 18.2 Å². The van der Waals surface area contributed by atoms with Gasteiger partial charge in [0.1, 0.15) is 11.4 Å². The van der Waals surface area contributed by atoms with Gasteiger partial charge in [0.2, 0.25) is 0 Å². The average Bonchev–Trinajstić information content (AvgIpc) is 2.44. The highest BCUT2D eigenvalue weighted by atomic mass is 16.6. The van der Waals surface area contributed by atoms with Crippen LogP contribution >= 0.6 is 0 Å². The molecule has 0 aliphatic carbocycles. The fraction of sp³-hybridized carbons (Fsp3) is 0.154. The van der Waals surface area contributed by atoms with Crippen LogP contribution in [0, 0.1) is 17.0 Å². The van der Waals surface area contributed by atoms with Crippen LogP contribution in [-0.2, 0) is 6.54 Å². The summed E-state index contributed by atoms with van der Waals surface area (Å²) in [7, 11) is 0. The normalized spacial score (nSPS) is 10.1. The number of aryl methyl sites for hydroxylation is 1. The fourth-order valence-electron chi connectivity index (χ4n) is 1.76. The van der Waals surface area contributed by atoms with Crippen LogP contribution in [0.3, 0.4) is 0 Å². The van der Waals surface area contributed by atoms with E-state index in [1.54, 1.807) is 19.2 Å². The molecule has 0 spiro atoms. The molecule has 2 aromatic rings. The molecule has 1 aromatic carbocycles. The molecule has 0 saturated heterocycles. The number of nitrogen functional groups attached to an aromatic ring is 1. The SMILES string of the molecule is Cc1nccc(CNC(=O)c2cc(N)ccc2[N+](=O)[O-])n1. The lowest BCUT2D eigenvalue weighted by Crippen LogP contribution is -2.24. The van der Waals surface area contributed by atoms with E-state index >= 15 is 0 Å². The van der Waals surface area contributed by atoms with Crippen LogP contribution in [0.15, 0.2) is 30.5 Å². The van der Waals surface area contributed by atoms with Crippen LogP contribution < -0.4 is 11.1 Å². The number of nitro benzene ring substituents is 1. The number of carbonyl (C=O) groups excluding carboxylic acids is 1. The van der Waals surface area contributed by atoms with Crippen LogP contribution in [0.25, 0.3) is 0 Å². The maximum Gasteiger partial charge on any atom is 0.282 e. The molecule has 1 heterocycles. The quantitative estimate of drug-likeness (QED) is 0.494. The molecule has 0 atom stereocenters. The van der Waals surface area contributed by atoms with Crippen LogP contribution in [0.2, 0.25) is 0 Å². The van der Waals surface area contributed by atoms with Gasteiger partial charge in [0, 0.05) is 18.0 Å². The Morgan fingerprint density at radius 1 is 1.43 bits per heavy atom. The van der Waals surface area contributed by atoms with Gasteiger partial charge in [-0.2, -0.15) is 0 Å². The van der Waals surface area contributed by atoms with Gasteiger partial charge in [-0.05, 0) is 25.1 Å². The zero-order valence-corrected chi connectivity index (χ0v) is 11.2. The van der Waals surface area contributed by atoms with Crippen molar-refractivity contribution < 1.29 is 9.72 Å². The summed E-state index contributed by atoms with van der Waals surface area (Å²) in [5.41, 5.74) is 6.09. The molecule has 0 bridgehead atoms. The van der Waals surface area contributed by atoms with Crippen LogP contribution in [0.1, 0.15) is 21.9 Å². The first-order valence-electron chi connectivity index (χ1n) is 6.08. The highest BCUT2D eigenvalue weighted by Crippen LogP contribution is 2.21. The van der Waals surface area contributed by atoms with Crippen molar-refractivity contribution >= 4 is 17.3 Å². The van der Waals surface area contributed by atoms with Gasteiger partial charge in [0.25, 0.3) is 11.6 Å². The minimum atomic E-state index is -0.622. The highest BCUT2D eigenvalue weighted by Gasteiger charge is 2.20. The zero-order chi connectivity index (χ0) is 15.4. The number of nitrogens with one attached hydrogen (secondary N) is 1. The summed E-state index contributed by atoms with van der Waals surface area (Å²) in [5, 5.41) is 13.5. The number of aromatic nitrogens is 2. The van der Waals surface area contributed by atoms with Gasteiger partial charge in [0.05, 0.1) is 17.2 Å². The van der Waals surface area contributed by atoms with Gasteiger partial charge in [-0.15, -0.1) is 0 Å². The summed E-state index contributed by atoms with van der Waals surface area (Å²) in [4.78, 5) is 30.4. The summed E-state index contributed by atoms with van der Waals surface area (Å²) in [6, 6.07) is 5.52.